The predicted octanol–water partition coefficient (Wildman–Crippen LogP) is 4.83. The monoisotopic (exact) mass is 291 g/mol. The van der Waals surface area contributed by atoms with Crippen LogP contribution in [0, 0.1) is 13.8 Å². The molecule has 3 heteroatoms. The van der Waals surface area contributed by atoms with Crippen LogP contribution in [0.4, 0.5) is 0 Å². The first-order valence-corrected chi connectivity index (χ1v) is 7.48. The van der Waals surface area contributed by atoms with Crippen molar-refractivity contribution in [2.24, 2.45) is 0 Å². The Labute approximate surface area is 124 Å². The maximum absolute atomic E-state index is 6.35. The molecule has 100 valence electrons. The summed E-state index contributed by atoms with van der Waals surface area (Å²) in [5, 5.41) is 4.01. The molecule has 0 aromatic heterocycles. The maximum atomic E-state index is 6.35. The van der Waals surface area contributed by atoms with E-state index in [2.05, 4.69) is 43.4 Å². The fourth-order valence-electron chi connectivity index (χ4n) is 2.02. The van der Waals surface area contributed by atoms with E-state index in [1.165, 1.54) is 21.6 Å². The maximum Gasteiger partial charge on any atom is 0.0548 e. The van der Waals surface area contributed by atoms with Crippen LogP contribution in [0.1, 0.15) is 16.7 Å². The van der Waals surface area contributed by atoms with Gasteiger partial charge in [-0.15, -0.1) is 0 Å². The van der Waals surface area contributed by atoms with Crippen molar-refractivity contribution in [1.29, 1.82) is 0 Å². The van der Waals surface area contributed by atoms with Crippen LogP contribution in [0.25, 0.3) is 0 Å². The Morgan fingerprint density at radius 2 is 1.95 bits per heavy atom. The minimum absolute atomic E-state index is 0.817. The highest BCUT2D eigenvalue weighted by molar-refractivity contribution is 7.99. The van der Waals surface area contributed by atoms with E-state index in [4.69, 9.17) is 11.6 Å². The largest absolute Gasteiger partial charge is 0.316 e. The third-order valence-electron chi connectivity index (χ3n) is 2.96. The summed E-state index contributed by atoms with van der Waals surface area (Å²) in [6.07, 6.45) is 0. The molecule has 0 aliphatic carbocycles. The van der Waals surface area contributed by atoms with Gasteiger partial charge >= 0.3 is 0 Å². The lowest BCUT2D eigenvalue weighted by molar-refractivity contribution is 0.803. The van der Waals surface area contributed by atoms with Gasteiger partial charge in [0.1, 0.15) is 0 Å². The van der Waals surface area contributed by atoms with E-state index in [0.717, 1.165) is 16.5 Å². The summed E-state index contributed by atoms with van der Waals surface area (Å²) in [6, 6.07) is 12.6. The number of aryl methyl sites for hydroxylation is 2. The van der Waals surface area contributed by atoms with Crippen LogP contribution in [-0.4, -0.2) is 7.05 Å². The van der Waals surface area contributed by atoms with Crippen LogP contribution in [0.15, 0.2) is 46.2 Å². The normalized spacial score (nSPS) is 10.7. The Balaban J connectivity index is 2.37. The molecule has 0 bridgehead atoms. The third kappa shape index (κ3) is 3.53. The molecular formula is C16H18ClNS. The summed E-state index contributed by atoms with van der Waals surface area (Å²) in [6.45, 7) is 5.08. The van der Waals surface area contributed by atoms with Crippen molar-refractivity contribution >= 4 is 23.4 Å². The lowest BCUT2D eigenvalue weighted by Crippen LogP contribution is -2.06. The molecule has 1 N–H and O–H groups in total. The molecule has 0 fully saturated rings. The zero-order valence-corrected chi connectivity index (χ0v) is 13.0. The van der Waals surface area contributed by atoms with Crippen molar-refractivity contribution < 1.29 is 0 Å². The SMILES string of the molecule is CNCc1cccc(Cl)c1Sc1ccc(C)cc1C. The fourth-order valence-corrected chi connectivity index (χ4v) is 3.34. The quantitative estimate of drug-likeness (QED) is 0.866. The van der Waals surface area contributed by atoms with Gasteiger partial charge in [-0.3, -0.25) is 0 Å². The molecule has 0 atom stereocenters. The third-order valence-corrected chi connectivity index (χ3v) is 4.75. The van der Waals surface area contributed by atoms with Crippen LogP contribution >= 0.6 is 23.4 Å². The zero-order chi connectivity index (χ0) is 13.8. The molecule has 0 aliphatic heterocycles. The average Bonchev–Trinajstić information content (AvgIpc) is 2.36. The van der Waals surface area contributed by atoms with Crippen molar-refractivity contribution in [3.63, 3.8) is 0 Å². The van der Waals surface area contributed by atoms with Gasteiger partial charge in [-0.1, -0.05) is 53.2 Å². The molecule has 0 unspecified atom stereocenters. The zero-order valence-electron chi connectivity index (χ0n) is 11.5. The predicted molar refractivity (Wildman–Crippen MR) is 84.3 cm³/mol. The molecule has 0 saturated carbocycles. The highest BCUT2D eigenvalue weighted by Crippen LogP contribution is 2.37. The van der Waals surface area contributed by atoms with E-state index in [9.17, 15) is 0 Å². The second-order valence-electron chi connectivity index (χ2n) is 4.63. The van der Waals surface area contributed by atoms with Crippen LogP contribution in [-0.2, 0) is 6.54 Å². The Morgan fingerprint density at radius 1 is 1.16 bits per heavy atom. The summed E-state index contributed by atoms with van der Waals surface area (Å²) < 4.78 is 0. The number of hydrogen-bond donors (Lipinski definition) is 1. The number of rotatable bonds is 4. The molecule has 0 amide bonds. The Bertz CT molecular complexity index is 581. The second-order valence-corrected chi connectivity index (χ2v) is 6.09. The number of nitrogens with one attached hydrogen (secondary N) is 1. The van der Waals surface area contributed by atoms with Crippen molar-refractivity contribution in [2.75, 3.05) is 7.05 Å². The van der Waals surface area contributed by atoms with Crippen LogP contribution in [0.5, 0.6) is 0 Å². The first-order chi connectivity index (χ1) is 9.11. The van der Waals surface area contributed by atoms with Crippen molar-refractivity contribution in [3.8, 4) is 0 Å². The van der Waals surface area contributed by atoms with Crippen molar-refractivity contribution in [1.82, 2.24) is 5.32 Å². The minimum Gasteiger partial charge on any atom is -0.316 e. The fraction of sp³-hybridized carbons (Fsp3) is 0.250. The Morgan fingerprint density at radius 3 is 2.63 bits per heavy atom. The first kappa shape index (κ1) is 14.4. The molecule has 2 aromatic rings. The summed E-state index contributed by atoms with van der Waals surface area (Å²) in [5.74, 6) is 0. The van der Waals surface area contributed by atoms with Gasteiger partial charge in [0.15, 0.2) is 0 Å². The van der Waals surface area contributed by atoms with Gasteiger partial charge in [-0.2, -0.15) is 0 Å². The van der Waals surface area contributed by atoms with Gasteiger partial charge < -0.3 is 5.32 Å². The molecule has 19 heavy (non-hydrogen) atoms. The Hall–Kier alpha value is -0.960. The van der Waals surface area contributed by atoms with Gasteiger partial charge in [-0.25, -0.2) is 0 Å². The summed E-state index contributed by atoms with van der Waals surface area (Å²) in [4.78, 5) is 2.40. The van der Waals surface area contributed by atoms with Crippen LogP contribution < -0.4 is 5.32 Å². The highest BCUT2D eigenvalue weighted by Gasteiger charge is 2.10. The topological polar surface area (TPSA) is 12.0 Å². The second kappa shape index (κ2) is 6.47. The summed E-state index contributed by atoms with van der Waals surface area (Å²) in [5.41, 5.74) is 3.82. The molecule has 1 nitrogen and oxygen atoms in total. The number of benzene rings is 2. The van der Waals surface area contributed by atoms with Crippen molar-refractivity contribution in [3.05, 3.63) is 58.1 Å². The molecule has 0 aliphatic rings. The molecular weight excluding hydrogens is 274 g/mol. The molecule has 0 saturated heterocycles. The highest BCUT2D eigenvalue weighted by atomic mass is 35.5. The minimum atomic E-state index is 0.817. The molecule has 2 aromatic carbocycles. The Kier molecular flexibility index (Phi) is 4.92. The smallest absolute Gasteiger partial charge is 0.0548 e. The van der Waals surface area contributed by atoms with Gasteiger partial charge in [0.05, 0.1) is 5.02 Å². The van der Waals surface area contributed by atoms with E-state index >= 15 is 0 Å². The standard InChI is InChI=1S/C16H18ClNS/c1-11-7-8-15(12(2)9-11)19-16-13(10-18-3)5-4-6-14(16)17/h4-9,18H,10H2,1-3H3. The molecule has 2 rings (SSSR count). The van der Waals surface area contributed by atoms with Crippen molar-refractivity contribution in [2.45, 2.75) is 30.2 Å². The molecule has 0 heterocycles. The lowest BCUT2D eigenvalue weighted by Gasteiger charge is -2.12. The number of halogens is 1. The lowest BCUT2D eigenvalue weighted by atomic mass is 10.2. The van der Waals surface area contributed by atoms with Crippen LogP contribution in [0.3, 0.4) is 0 Å². The number of hydrogen-bond acceptors (Lipinski definition) is 2. The van der Waals surface area contributed by atoms with Gasteiger partial charge in [0, 0.05) is 16.3 Å². The van der Waals surface area contributed by atoms with E-state index < -0.39 is 0 Å². The first-order valence-electron chi connectivity index (χ1n) is 6.29. The molecule has 0 radical (unpaired) electrons. The van der Waals surface area contributed by atoms with Gasteiger partial charge in [0.2, 0.25) is 0 Å². The van der Waals surface area contributed by atoms with E-state index in [0.29, 0.717) is 0 Å². The van der Waals surface area contributed by atoms with Gasteiger partial charge in [-0.05, 0) is 44.2 Å². The summed E-state index contributed by atoms with van der Waals surface area (Å²) >= 11 is 8.09. The van der Waals surface area contributed by atoms with E-state index in [1.54, 1.807) is 11.8 Å². The van der Waals surface area contributed by atoms with Crippen LogP contribution in [0.2, 0.25) is 5.02 Å². The summed E-state index contributed by atoms with van der Waals surface area (Å²) in [7, 11) is 1.95. The average molecular weight is 292 g/mol. The molecule has 0 spiro atoms. The van der Waals surface area contributed by atoms with E-state index in [1.807, 2.05) is 19.2 Å². The van der Waals surface area contributed by atoms with Gasteiger partial charge in [0.25, 0.3) is 0 Å². The van der Waals surface area contributed by atoms with E-state index in [-0.39, 0.29) is 0 Å².